The summed E-state index contributed by atoms with van der Waals surface area (Å²) in [6.45, 7) is 0.289. The number of aromatic nitrogens is 2. The molecule has 1 aromatic heterocycles. The summed E-state index contributed by atoms with van der Waals surface area (Å²) in [5.74, 6) is -0.786. The van der Waals surface area contributed by atoms with Crippen LogP contribution in [-0.2, 0) is 17.8 Å². The molecule has 0 aliphatic heterocycles. The Morgan fingerprint density at radius 2 is 2.21 bits per heavy atom. The van der Waals surface area contributed by atoms with Gasteiger partial charge in [0.2, 0.25) is 0 Å². The van der Waals surface area contributed by atoms with E-state index in [1.54, 1.807) is 30.5 Å². The normalized spacial score (nSPS) is 12.2. The molecule has 6 heteroatoms. The lowest BCUT2D eigenvalue weighted by Gasteiger charge is -2.14. The Hall–Kier alpha value is -2.34. The number of benzene rings is 1. The molecule has 0 radical (unpaired) electrons. The zero-order valence-electron chi connectivity index (χ0n) is 10.2. The van der Waals surface area contributed by atoms with Gasteiger partial charge in [0.05, 0.1) is 6.33 Å². The maximum atomic E-state index is 11.2. The van der Waals surface area contributed by atoms with E-state index in [-0.39, 0.29) is 12.3 Å². The lowest BCUT2D eigenvalue weighted by Crippen LogP contribution is -2.38. The van der Waals surface area contributed by atoms with Crippen LogP contribution in [0.1, 0.15) is 11.3 Å². The maximum Gasteiger partial charge on any atom is 0.321 e. The molecule has 0 bridgehead atoms. The highest BCUT2D eigenvalue weighted by atomic mass is 16.4. The molecule has 0 aliphatic carbocycles. The Morgan fingerprint density at radius 3 is 2.84 bits per heavy atom. The second-order valence-corrected chi connectivity index (χ2v) is 4.18. The lowest BCUT2D eigenvalue weighted by molar-refractivity contribution is -0.139. The highest BCUT2D eigenvalue weighted by molar-refractivity contribution is 5.73. The van der Waals surface area contributed by atoms with E-state index < -0.39 is 12.0 Å². The van der Waals surface area contributed by atoms with Gasteiger partial charge in [-0.1, -0.05) is 18.2 Å². The van der Waals surface area contributed by atoms with Gasteiger partial charge < -0.3 is 15.2 Å². The fourth-order valence-electron chi connectivity index (χ4n) is 1.76. The predicted molar refractivity (Wildman–Crippen MR) is 68.7 cm³/mol. The van der Waals surface area contributed by atoms with Crippen LogP contribution >= 0.6 is 0 Å². The van der Waals surface area contributed by atoms with Gasteiger partial charge in [-0.2, -0.15) is 0 Å². The summed E-state index contributed by atoms with van der Waals surface area (Å²) < 4.78 is 0. The minimum absolute atomic E-state index is 0.153. The number of aromatic amines is 1. The Bertz CT molecular complexity index is 540. The van der Waals surface area contributed by atoms with Crippen LogP contribution < -0.4 is 5.32 Å². The molecule has 1 atom stereocenters. The van der Waals surface area contributed by atoms with Gasteiger partial charge in [0.1, 0.15) is 11.8 Å². The molecule has 0 fully saturated rings. The number of aliphatic carboxylic acids is 1. The molecule has 100 valence electrons. The van der Waals surface area contributed by atoms with Crippen molar-refractivity contribution in [1.82, 2.24) is 15.3 Å². The Balaban J connectivity index is 1.98. The van der Waals surface area contributed by atoms with Crippen LogP contribution in [0.2, 0.25) is 0 Å². The molecule has 0 aliphatic rings. The van der Waals surface area contributed by atoms with Crippen molar-refractivity contribution in [1.29, 1.82) is 0 Å². The summed E-state index contributed by atoms with van der Waals surface area (Å²) in [7, 11) is 0. The number of hydrogen-bond acceptors (Lipinski definition) is 4. The van der Waals surface area contributed by atoms with E-state index in [0.29, 0.717) is 12.0 Å². The fourth-order valence-corrected chi connectivity index (χ4v) is 1.76. The van der Waals surface area contributed by atoms with Gasteiger partial charge in [-0.15, -0.1) is 0 Å². The highest BCUT2D eigenvalue weighted by Crippen LogP contribution is 2.15. The average Bonchev–Trinajstić information content (AvgIpc) is 2.88. The second-order valence-electron chi connectivity index (χ2n) is 4.18. The number of H-pyrrole nitrogens is 1. The number of para-hydroxylation sites is 1. The molecule has 0 spiro atoms. The summed E-state index contributed by atoms with van der Waals surface area (Å²) in [6.07, 6.45) is 3.41. The molecule has 0 saturated carbocycles. The Morgan fingerprint density at radius 1 is 1.42 bits per heavy atom. The van der Waals surface area contributed by atoms with E-state index in [0.717, 1.165) is 5.69 Å². The standard InChI is InChI=1S/C13H15N3O3/c17-12-4-2-1-3-9(12)6-15-11(13(18)19)5-10-7-14-8-16-10/h1-4,7-8,11,15,17H,5-6H2,(H,14,16)(H,18,19)/t11-/m0/s1. The first-order valence-electron chi connectivity index (χ1n) is 5.87. The number of phenols is 1. The third-order valence-corrected chi connectivity index (χ3v) is 2.81. The first kappa shape index (κ1) is 13.1. The van der Waals surface area contributed by atoms with E-state index in [1.807, 2.05) is 0 Å². The molecule has 19 heavy (non-hydrogen) atoms. The topological polar surface area (TPSA) is 98.2 Å². The fraction of sp³-hybridized carbons (Fsp3) is 0.231. The van der Waals surface area contributed by atoms with Gasteiger partial charge in [-0.05, 0) is 6.07 Å². The SMILES string of the molecule is O=C(O)[C@H](Cc1cnc[nH]1)NCc1ccccc1O. The number of aromatic hydroxyl groups is 1. The Kier molecular flexibility index (Phi) is 4.15. The molecule has 6 nitrogen and oxygen atoms in total. The number of carbonyl (C=O) groups is 1. The molecule has 2 rings (SSSR count). The van der Waals surface area contributed by atoms with Crippen LogP contribution in [0.5, 0.6) is 5.75 Å². The molecule has 0 amide bonds. The first-order valence-corrected chi connectivity index (χ1v) is 5.87. The first-order chi connectivity index (χ1) is 9.16. The van der Waals surface area contributed by atoms with Crippen LogP contribution in [0.25, 0.3) is 0 Å². The van der Waals surface area contributed by atoms with Crippen LogP contribution in [-0.4, -0.2) is 32.2 Å². The summed E-state index contributed by atoms with van der Waals surface area (Å²) in [5, 5.41) is 21.7. The van der Waals surface area contributed by atoms with Gasteiger partial charge in [0, 0.05) is 30.4 Å². The van der Waals surface area contributed by atoms with Crippen LogP contribution in [0.3, 0.4) is 0 Å². The van der Waals surface area contributed by atoms with Crippen molar-refractivity contribution >= 4 is 5.97 Å². The minimum Gasteiger partial charge on any atom is -0.508 e. The molecule has 0 saturated heterocycles. The lowest BCUT2D eigenvalue weighted by atomic mass is 10.1. The smallest absolute Gasteiger partial charge is 0.321 e. The highest BCUT2D eigenvalue weighted by Gasteiger charge is 2.18. The van der Waals surface area contributed by atoms with Crippen molar-refractivity contribution in [2.24, 2.45) is 0 Å². The van der Waals surface area contributed by atoms with Gasteiger partial charge in [0.15, 0.2) is 0 Å². The zero-order valence-corrected chi connectivity index (χ0v) is 10.2. The van der Waals surface area contributed by atoms with E-state index in [2.05, 4.69) is 15.3 Å². The number of nitrogens with one attached hydrogen (secondary N) is 2. The van der Waals surface area contributed by atoms with Crippen molar-refractivity contribution in [2.45, 2.75) is 19.0 Å². The largest absolute Gasteiger partial charge is 0.508 e. The third-order valence-electron chi connectivity index (χ3n) is 2.81. The number of carboxylic acids is 1. The summed E-state index contributed by atoms with van der Waals surface area (Å²) in [6, 6.07) is 6.10. The average molecular weight is 261 g/mol. The summed E-state index contributed by atoms with van der Waals surface area (Å²) in [4.78, 5) is 17.9. The minimum atomic E-state index is -0.940. The zero-order chi connectivity index (χ0) is 13.7. The van der Waals surface area contributed by atoms with Crippen molar-refractivity contribution in [2.75, 3.05) is 0 Å². The number of nitrogens with zero attached hydrogens (tertiary/aromatic N) is 1. The summed E-state index contributed by atoms with van der Waals surface area (Å²) >= 11 is 0. The van der Waals surface area contributed by atoms with Crippen molar-refractivity contribution < 1.29 is 15.0 Å². The number of rotatable bonds is 6. The van der Waals surface area contributed by atoms with Gasteiger partial charge in [0.25, 0.3) is 0 Å². The van der Waals surface area contributed by atoms with Crippen molar-refractivity contribution in [3.8, 4) is 5.75 Å². The van der Waals surface area contributed by atoms with E-state index >= 15 is 0 Å². The third kappa shape index (κ3) is 3.56. The Labute approximate surface area is 110 Å². The predicted octanol–water partition coefficient (Wildman–Crippen LogP) is 0.901. The summed E-state index contributed by atoms with van der Waals surface area (Å²) in [5.41, 5.74) is 1.41. The van der Waals surface area contributed by atoms with Crippen molar-refractivity contribution in [3.05, 3.63) is 48.0 Å². The number of phenolic OH excluding ortho intramolecular Hbond substituents is 1. The molecular formula is C13H15N3O3. The number of carboxylic acid groups (broad SMARTS) is 1. The molecular weight excluding hydrogens is 246 g/mol. The molecule has 2 aromatic rings. The van der Waals surface area contributed by atoms with E-state index in [1.165, 1.54) is 6.33 Å². The van der Waals surface area contributed by atoms with E-state index in [4.69, 9.17) is 5.11 Å². The van der Waals surface area contributed by atoms with Crippen LogP contribution in [0.4, 0.5) is 0 Å². The monoisotopic (exact) mass is 261 g/mol. The molecule has 4 N–H and O–H groups in total. The maximum absolute atomic E-state index is 11.2. The molecule has 1 aromatic carbocycles. The van der Waals surface area contributed by atoms with Gasteiger partial charge >= 0.3 is 5.97 Å². The molecule has 0 unspecified atom stereocenters. The van der Waals surface area contributed by atoms with Crippen molar-refractivity contribution in [3.63, 3.8) is 0 Å². The van der Waals surface area contributed by atoms with Gasteiger partial charge in [-0.3, -0.25) is 10.1 Å². The second kappa shape index (κ2) is 6.01. The van der Waals surface area contributed by atoms with E-state index in [9.17, 15) is 9.90 Å². The number of hydrogen-bond donors (Lipinski definition) is 4. The number of imidazole rings is 1. The van der Waals surface area contributed by atoms with Crippen LogP contribution in [0.15, 0.2) is 36.8 Å². The van der Waals surface area contributed by atoms with Gasteiger partial charge in [-0.25, -0.2) is 4.98 Å². The molecule has 1 heterocycles. The quantitative estimate of drug-likeness (QED) is 0.619. The van der Waals surface area contributed by atoms with Crippen LogP contribution in [0, 0.1) is 0 Å².